The third kappa shape index (κ3) is 2.80. The Balaban J connectivity index is 2.35. The number of carbonyl (C=O) groups is 1. The summed E-state index contributed by atoms with van der Waals surface area (Å²) in [6, 6.07) is 3.44. The van der Waals surface area contributed by atoms with Crippen molar-refractivity contribution in [3.05, 3.63) is 26.7 Å². The van der Waals surface area contributed by atoms with Gasteiger partial charge >= 0.3 is 0 Å². The van der Waals surface area contributed by atoms with Gasteiger partial charge in [-0.25, -0.2) is 0 Å². The number of benzene rings is 1. The zero-order chi connectivity index (χ0) is 12.6. The summed E-state index contributed by atoms with van der Waals surface area (Å²) in [6.07, 6.45) is 0.551. The Morgan fingerprint density at radius 3 is 2.65 bits per heavy atom. The van der Waals surface area contributed by atoms with E-state index < -0.39 is 0 Å². The predicted octanol–water partition coefficient (Wildman–Crippen LogP) is 4.50. The highest BCUT2D eigenvalue weighted by Crippen LogP contribution is 2.37. The Bertz CT molecular complexity index is 467. The molecule has 0 saturated carbocycles. The minimum absolute atomic E-state index is 0.0924. The first-order valence-corrected chi connectivity index (χ1v) is 7.71. The molecule has 1 aromatic rings. The normalized spacial score (nSPS) is 20.1. The van der Waals surface area contributed by atoms with E-state index in [0.29, 0.717) is 34.6 Å². The molecule has 2 rings (SSSR count). The second-order valence-electron chi connectivity index (χ2n) is 3.95. The number of hydrogen-bond donors (Lipinski definition) is 0. The molecule has 2 nitrogen and oxygen atoms in total. The summed E-state index contributed by atoms with van der Waals surface area (Å²) in [4.78, 5) is 13.6. The molecule has 1 heterocycles. The molecule has 1 aliphatic heterocycles. The average molecular weight is 402 g/mol. The molecule has 92 valence electrons. The minimum Gasteiger partial charge on any atom is -0.311 e. The van der Waals surface area contributed by atoms with Crippen LogP contribution < -0.4 is 4.90 Å². The molecule has 0 radical (unpaired) electrons. The summed E-state index contributed by atoms with van der Waals surface area (Å²) in [7, 11) is 0. The van der Waals surface area contributed by atoms with Gasteiger partial charge in [0.1, 0.15) is 0 Å². The average Bonchev–Trinajstić information content (AvgIpc) is 2.65. The molecule has 0 spiro atoms. The molecular weight excluding hydrogens is 393 g/mol. The van der Waals surface area contributed by atoms with Crippen molar-refractivity contribution in [2.75, 3.05) is 16.8 Å². The minimum atomic E-state index is 0.0924. The van der Waals surface area contributed by atoms with E-state index in [0.717, 1.165) is 9.80 Å². The van der Waals surface area contributed by atoms with Crippen LogP contribution in [0.3, 0.4) is 0 Å². The standard InChI is InChI=1S/C11H9Br2Cl2NO/c12-4-6-1-11(17)16(5-6)10-3-8(14)7(13)2-9(10)15/h2-3,6H,1,4-5H2. The number of carbonyl (C=O) groups excluding carboxylic acids is 1. The molecule has 1 amide bonds. The fraction of sp³-hybridized carbons (Fsp3) is 0.364. The van der Waals surface area contributed by atoms with Gasteiger partial charge in [0, 0.05) is 22.8 Å². The van der Waals surface area contributed by atoms with Crippen LogP contribution in [-0.2, 0) is 4.79 Å². The molecule has 0 aromatic heterocycles. The Morgan fingerprint density at radius 1 is 1.35 bits per heavy atom. The first-order valence-electron chi connectivity index (χ1n) is 5.03. The number of nitrogens with zero attached hydrogens (tertiary/aromatic N) is 1. The van der Waals surface area contributed by atoms with Crippen molar-refractivity contribution in [1.82, 2.24) is 0 Å². The van der Waals surface area contributed by atoms with Crippen LogP contribution in [0.15, 0.2) is 16.6 Å². The van der Waals surface area contributed by atoms with Gasteiger partial charge in [-0.2, -0.15) is 0 Å². The molecule has 1 aliphatic rings. The highest BCUT2D eigenvalue weighted by Gasteiger charge is 2.31. The third-order valence-electron chi connectivity index (χ3n) is 2.70. The summed E-state index contributed by atoms with van der Waals surface area (Å²) in [6.45, 7) is 0.682. The van der Waals surface area contributed by atoms with Crippen LogP contribution in [-0.4, -0.2) is 17.8 Å². The van der Waals surface area contributed by atoms with Crippen LogP contribution in [0.4, 0.5) is 5.69 Å². The molecular formula is C11H9Br2Cl2NO. The van der Waals surface area contributed by atoms with Crippen molar-refractivity contribution in [3.8, 4) is 0 Å². The molecule has 1 saturated heterocycles. The lowest BCUT2D eigenvalue weighted by Gasteiger charge is -2.18. The summed E-state index contributed by atoms with van der Waals surface area (Å²) in [5.41, 5.74) is 0.688. The van der Waals surface area contributed by atoms with Crippen LogP contribution in [0.2, 0.25) is 10.0 Å². The van der Waals surface area contributed by atoms with Gasteiger partial charge in [0.05, 0.1) is 15.7 Å². The van der Waals surface area contributed by atoms with Gasteiger partial charge in [0.15, 0.2) is 0 Å². The first-order chi connectivity index (χ1) is 8.02. The van der Waals surface area contributed by atoms with Gasteiger partial charge in [0.25, 0.3) is 0 Å². The maximum Gasteiger partial charge on any atom is 0.227 e. The summed E-state index contributed by atoms with van der Waals surface area (Å²) in [5, 5.41) is 1.90. The Labute approximate surface area is 127 Å². The van der Waals surface area contributed by atoms with Crippen molar-refractivity contribution in [3.63, 3.8) is 0 Å². The lowest BCUT2D eigenvalue weighted by Crippen LogP contribution is -2.25. The third-order valence-corrected chi connectivity index (χ3v) is 5.12. The van der Waals surface area contributed by atoms with Gasteiger partial charge in [0.2, 0.25) is 5.91 Å². The Morgan fingerprint density at radius 2 is 2.06 bits per heavy atom. The van der Waals surface area contributed by atoms with Crippen molar-refractivity contribution in [1.29, 1.82) is 0 Å². The van der Waals surface area contributed by atoms with Gasteiger partial charge in [-0.3, -0.25) is 4.79 Å². The highest BCUT2D eigenvalue weighted by atomic mass is 79.9. The summed E-state index contributed by atoms with van der Waals surface area (Å²) >= 11 is 18.9. The topological polar surface area (TPSA) is 20.3 Å². The molecule has 1 fully saturated rings. The zero-order valence-electron chi connectivity index (χ0n) is 8.72. The molecule has 1 atom stereocenters. The maximum atomic E-state index is 11.9. The van der Waals surface area contributed by atoms with Crippen LogP contribution in [0.1, 0.15) is 6.42 Å². The molecule has 1 unspecified atom stereocenters. The van der Waals surface area contributed by atoms with Crippen LogP contribution in [0.5, 0.6) is 0 Å². The number of anilines is 1. The number of alkyl halides is 1. The molecule has 6 heteroatoms. The number of amides is 1. The monoisotopic (exact) mass is 399 g/mol. The van der Waals surface area contributed by atoms with Crippen LogP contribution >= 0.6 is 55.1 Å². The van der Waals surface area contributed by atoms with E-state index in [2.05, 4.69) is 31.9 Å². The van der Waals surface area contributed by atoms with Crippen molar-refractivity contribution >= 4 is 66.7 Å². The second-order valence-corrected chi connectivity index (χ2v) is 6.26. The number of halogens is 4. The van der Waals surface area contributed by atoms with Gasteiger partial charge in [-0.1, -0.05) is 39.1 Å². The summed E-state index contributed by atoms with van der Waals surface area (Å²) < 4.78 is 0.733. The molecule has 0 bridgehead atoms. The van der Waals surface area contributed by atoms with Crippen molar-refractivity contribution in [2.24, 2.45) is 5.92 Å². The smallest absolute Gasteiger partial charge is 0.227 e. The van der Waals surface area contributed by atoms with E-state index in [-0.39, 0.29) is 5.91 Å². The Hall–Kier alpha value is 0.230. The van der Waals surface area contributed by atoms with Gasteiger partial charge < -0.3 is 4.90 Å². The van der Waals surface area contributed by atoms with Crippen LogP contribution in [0, 0.1) is 5.92 Å². The van der Waals surface area contributed by atoms with Crippen molar-refractivity contribution < 1.29 is 4.79 Å². The van der Waals surface area contributed by atoms with Crippen molar-refractivity contribution in [2.45, 2.75) is 6.42 Å². The zero-order valence-corrected chi connectivity index (χ0v) is 13.4. The summed E-state index contributed by atoms with van der Waals surface area (Å²) in [5.74, 6) is 0.427. The second kappa shape index (κ2) is 5.47. The fourth-order valence-electron chi connectivity index (χ4n) is 1.84. The lowest BCUT2D eigenvalue weighted by atomic mass is 10.2. The number of hydrogen-bond acceptors (Lipinski definition) is 1. The predicted molar refractivity (Wildman–Crippen MR) is 78.4 cm³/mol. The highest BCUT2D eigenvalue weighted by molar-refractivity contribution is 9.10. The van der Waals surface area contributed by atoms with E-state index in [1.54, 1.807) is 17.0 Å². The van der Waals surface area contributed by atoms with Gasteiger partial charge in [-0.15, -0.1) is 0 Å². The Kier molecular flexibility index (Phi) is 4.40. The SMILES string of the molecule is O=C1CC(CBr)CN1c1cc(Cl)c(Br)cc1Cl. The maximum absolute atomic E-state index is 11.9. The fourth-order valence-corrected chi connectivity index (χ4v) is 3.17. The van der Waals surface area contributed by atoms with E-state index in [4.69, 9.17) is 23.2 Å². The van der Waals surface area contributed by atoms with E-state index in [9.17, 15) is 4.79 Å². The van der Waals surface area contributed by atoms with E-state index in [1.165, 1.54) is 0 Å². The van der Waals surface area contributed by atoms with E-state index >= 15 is 0 Å². The first kappa shape index (κ1) is 13.7. The lowest BCUT2D eigenvalue weighted by molar-refractivity contribution is -0.117. The van der Waals surface area contributed by atoms with Gasteiger partial charge in [-0.05, 0) is 34.0 Å². The van der Waals surface area contributed by atoms with E-state index in [1.807, 2.05) is 0 Å². The molecule has 1 aromatic carbocycles. The quantitative estimate of drug-likeness (QED) is 0.527. The van der Waals surface area contributed by atoms with Crippen LogP contribution in [0.25, 0.3) is 0 Å². The molecule has 0 N–H and O–H groups in total. The number of rotatable bonds is 2. The largest absolute Gasteiger partial charge is 0.311 e. The molecule has 17 heavy (non-hydrogen) atoms. The molecule has 0 aliphatic carbocycles.